The summed E-state index contributed by atoms with van der Waals surface area (Å²) < 4.78 is 0.999. The molecule has 2 unspecified atom stereocenters. The van der Waals surface area contributed by atoms with Crippen molar-refractivity contribution in [1.29, 1.82) is 0 Å². The Morgan fingerprint density at radius 1 is 1.36 bits per heavy atom. The number of H-pyrrole nitrogens is 1. The SMILES string of the molecule is CC(N)C(C)C(=O)NCc1nc(-c2ccc(Br)cc2)n[nH]1.Cl. The Bertz CT molecular complexity index is 614. The number of rotatable bonds is 5. The number of halogens is 2. The molecule has 1 heterocycles. The second-order valence-electron chi connectivity index (χ2n) is 4.98. The Morgan fingerprint density at radius 3 is 2.59 bits per heavy atom. The van der Waals surface area contributed by atoms with E-state index in [-0.39, 0.29) is 30.3 Å². The van der Waals surface area contributed by atoms with E-state index < -0.39 is 0 Å². The molecule has 1 aromatic heterocycles. The third-order valence-electron chi connectivity index (χ3n) is 3.27. The van der Waals surface area contributed by atoms with Crippen molar-refractivity contribution in [2.24, 2.45) is 11.7 Å². The molecule has 0 saturated carbocycles. The highest BCUT2D eigenvalue weighted by molar-refractivity contribution is 9.10. The van der Waals surface area contributed by atoms with Gasteiger partial charge in [0.1, 0.15) is 5.82 Å². The lowest BCUT2D eigenvalue weighted by atomic mass is 10.0. The van der Waals surface area contributed by atoms with Gasteiger partial charge >= 0.3 is 0 Å². The van der Waals surface area contributed by atoms with Crippen molar-refractivity contribution >= 4 is 34.2 Å². The van der Waals surface area contributed by atoms with E-state index in [1.807, 2.05) is 31.2 Å². The first-order valence-corrected chi connectivity index (χ1v) is 7.47. The molecule has 2 aromatic rings. The van der Waals surface area contributed by atoms with Crippen LogP contribution in [0.1, 0.15) is 19.7 Å². The first-order valence-electron chi connectivity index (χ1n) is 6.68. The van der Waals surface area contributed by atoms with Crippen LogP contribution >= 0.6 is 28.3 Å². The number of aromatic amines is 1. The van der Waals surface area contributed by atoms with Crippen LogP contribution in [0.5, 0.6) is 0 Å². The van der Waals surface area contributed by atoms with Gasteiger partial charge in [-0.3, -0.25) is 9.89 Å². The molecule has 22 heavy (non-hydrogen) atoms. The monoisotopic (exact) mass is 387 g/mol. The molecular formula is C14H19BrClN5O. The van der Waals surface area contributed by atoms with Crippen molar-refractivity contribution < 1.29 is 4.79 Å². The van der Waals surface area contributed by atoms with Crippen LogP contribution in [0.3, 0.4) is 0 Å². The number of carbonyl (C=O) groups is 1. The van der Waals surface area contributed by atoms with Crippen molar-refractivity contribution in [2.75, 3.05) is 0 Å². The molecule has 0 fully saturated rings. The van der Waals surface area contributed by atoms with Crippen molar-refractivity contribution in [2.45, 2.75) is 26.4 Å². The predicted molar refractivity (Wildman–Crippen MR) is 91.4 cm³/mol. The van der Waals surface area contributed by atoms with Gasteiger partial charge in [0.15, 0.2) is 5.82 Å². The maximum absolute atomic E-state index is 11.8. The minimum atomic E-state index is -0.237. The molecule has 0 aliphatic rings. The predicted octanol–water partition coefficient (Wildman–Crippen LogP) is 2.26. The summed E-state index contributed by atoms with van der Waals surface area (Å²) in [6, 6.07) is 7.52. The van der Waals surface area contributed by atoms with Crippen LogP contribution in [0.2, 0.25) is 0 Å². The van der Waals surface area contributed by atoms with Gasteiger partial charge in [-0.1, -0.05) is 35.0 Å². The fraction of sp³-hybridized carbons (Fsp3) is 0.357. The van der Waals surface area contributed by atoms with Gasteiger partial charge in [-0.15, -0.1) is 12.4 Å². The summed E-state index contributed by atoms with van der Waals surface area (Å²) in [4.78, 5) is 16.2. The second-order valence-corrected chi connectivity index (χ2v) is 5.89. The van der Waals surface area contributed by atoms with Crippen LogP contribution in [-0.2, 0) is 11.3 Å². The highest BCUT2D eigenvalue weighted by atomic mass is 79.9. The van der Waals surface area contributed by atoms with Gasteiger partial charge in [0, 0.05) is 22.0 Å². The van der Waals surface area contributed by atoms with Crippen LogP contribution < -0.4 is 11.1 Å². The lowest BCUT2D eigenvalue weighted by molar-refractivity contribution is -0.125. The van der Waals surface area contributed by atoms with Gasteiger partial charge in [0.05, 0.1) is 6.54 Å². The lowest BCUT2D eigenvalue weighted by Crippen LogP contribution is -2.38. The van der Waals surface area contributed by atoms with E-state index in [2.05, 4.69) is 36.4 Å². The number of nitrogens with two attached hydrogens (primary N) is 1. The number of hydrogen-bond donors (Lipinski definition) is 3. The third kappa shape index (κ3) is 4.79. The van der Waals surface area contributed by atoms with Crippen LogP contribution in [0.25, 0.3) is 11.4 Å². The zero-order valence-corrected chi connectivity index (χ0v) is 14.7. The average Bonchev–Trinajstić information content (AvgIpc) is 2.93. The summed E-state index contributed by atoms with van der Waals surface area (Å²) in [6.45, 7) is 3.91. The second kappa shape index (κ2) is 8.26. The largest absolute Gasteiger partial charge is 0.349 e. The van der Waals surface area contributed by atoms with Gasteiger partial charge in [-0.2, -0.15) is 5.10 Å². The van der Waals surface area contributed by atoms with Crippen molar-refractivity contribution in [3.05, 3.63) is 34.6 Å². The lowest BCUT2D eigenvalue weighted by Gasteiger charge is -2.14. The first kappa shape index (κ1) is 18.6. The van der Waals surface area contributed by atoms with E-state index in [1.165, 1.54) is 0 Å². The van der Waals surface area contributed by atoms with Gasteiger partial charge in [0.25, 0.3) is 0 Å². The smallest absolute Gasteiger partial charge is 0.224 e. The number of amides is 1. The fourth-order valence-corrected chi connectivity index (χ4v) is 1.94. The molecule has 0 saturated heterocycles. The van der Waals surface area contributed by atoms with Crippen LogP contribution in [0, 0.1) is 5.92 Å². The Kier molecular flexibility index (Phi) is 6.99. The zero-order chi connectivity index (χ0) is 15.4. The van der Waals surface area contributed by atoms with Gasteiger partial charge in [-0.05, 0) is 19.1 Å². The molecule has 2 rings (SSSR count). The zero-order valence-electron chi connectivity index (χ0n) is 12.3. The first-order chi connectivity index (χ1) is 9.97. The maximum atomic E-state index is 11.8. The fourth-order valence-electron chi connectivity index (χ4n) is 1.67. The van der Waals surface area contributed by atoms with Gasteiger partial charge < -0.3 is 11.1 Å². The van der Waals surface area contributed by atoms with E-state index in [4.69, 9.17) is 5.73 Å². The third-order valence-corrected chi connectivity index (χ3v) is 3.80. The quantitative estimate of drug-likeness (QED) is 0.732. The molecule has 1 aromatic carbocycles. The maximum Gasteiger partial charge on any atom is 0.224 e. The molecule has 8 heteroatoms. The Labute approximate surface area is 143 Å². The molecule has 0 aliphatic heterocycles. The molecule has 0 bridgehead atoms. The number of hydrogen-bond acceptors (Lipinski definition) is 4. The Morgan fingerprint density at radius 2 is 2.00 bits per heavy atom. The van der Waals surface area contributed by atoms with Crippen molar-refractivity contribution in [1.82, 2.24) is 20.5 Å². The molecule has 6 nitrogen and oxygen atoms in total. The molecule has 120 valence electrons. The molecular weight excluding hydrogens is 370 g/mol. The normalized spacial score (nSPS) is 13.1. The van der Waals surface area contributed by atoms with E-state index in [0.29, 0.717) is 18.2 Å². The molecule has 4 N–H and O–H groups in total. The van der Waals surface area contributed by atoms with Gasteiger partial charge in [-0.25, -0.2) is 4.98 Å². The number of benzene rings is 1. The Balaban J connectivity index is 0.00000242. The molecule has 2 atom stereocenters. The van der Waals surface area contributed by atoms with Gasteiger partial charge in [0.2, 0.25) is 5.91 Å². The number of nitrogens with one attached hydrogen (secondary N) is 2. The van der Waals surface area contributed by atoms with Crippen LogP contribution in [-0.4, -0.2) is 27.1 Å². The van der Waals surface area contributed by atoms with E-state index in [1.54, 1.807) is 6.92 Å². The summed E-state index contributed by atoms with van der Waals surface area (Å²) >= 11 is 3.38. The number of carbonyl (C=O) groups excluding carboxylic acids is 1. The summed E-state index contributed by atoms with van der Waals surface area (Å²) in [6.07, 6.45) is 0. The number of aromatic nitrogens is 3. The molecule has 0 spiro atoms. The Hall–Kier alpha value is -1.44. The minimum absolute atomic E-state index is 0. The van der Waals surface area contributed by atoms with Crippen molar-refractivity contribution in [3.63, 3.8) is 0 Å². The summed E-state index contributed by atoms with van der Waals surface area (Å²) in [7, 11) is 0. The summed E-state index contributed by atoms with van der Waals surface area (Å²) in [5, 5.41) is 9.76. The average molecular weight is 389 g/mol. The topological polar surface area (TPSA) is 96.7 Å². The highest BCUT2D eigenvalue weighted by Gasteiger charge is 2.17. The number of nitrogens with zero attached hydrogens (tertiary/aromatic N) is 2. The van der Waals surface area contributed by atoms with E-state index >= 15 is 0 Å². The summed E-state index contributed by atoms with van der Waals surface area (Å²) in [5.74, 6) is 0.885. The highest BCUT2D eigenvalue weighted by Crippen LogP contribution is 2.18. The van der Waals surface area contributed by atoms with Crippen LogP contribution in [0.15, 0.2) is 28.7 Å². The van der Waals surface area contributed by atoms with E-state index in [0.717, 1.165) is 10.0 Å². The van der Waals surface area contributed by atoms with E-state index in [9.17, 15) is 4.79 Å². The molecule has 0 radical (unpaired) electrons. The minimum Gasteiger partial charge on any atom is -0.349 e. The standard InChI is InChI=1S/C14H18BrN5O.ClH/c1-8(9(2)16)14(21)17-7-12-18-13(20-19-12)10-3-5-11(15)6-4-10;/h3-6,8-9H,7,16H2,1-2H3,(H,17,21)(H,18,19,20);1H. The molecule has 0 aliphatic carbocycles. The molecule has 1 amide bonds. The van der Waals surface area contributed by atoms with Crippen LogP contribution in [0.4, 0.5) is 0 Å². The van der Waals surface area contributed by atoms with Crippen molar-refractivity contribution in [3.8, 4) is 11.4 Å². The summed E-state index contributed by atoms with van der Waals surface area (Å²) in [5.41, 5.74) is 6.61.